The van der Waals surface area contributed by atoms with Gasteiger partial charge in [0.1, 0.15) is 11.6 Å². The molecular formula is C20H24N4O3. The van der Waals surface area contributed by atoms with Gasteiger partial charge in [-0.2, -0.15) is 0 Å². The minimum atomic E-state index is -2.87. The monoisotopic (exact) mass is 377 g/mol. The topological polar surface area (TPSA) is 91.5 Å². The molecule has 0 saturated carbocycles. The number of nitrogen functional groups attached to an aromatic ring is 1. The molecule has 0 atom stereocenters. The maximum absolute atomic E-state index is 8.06. The number of aromatic nitrogens is 2. The van der Waals surface area contributed by atoms with Crippen LogP contribution in [0.2, 0.25) is 0 Å². The Morgan fingerprint density at radius 1 is 1.11 bits per heavy atom. The van der Waals surface area contributed by atoms with Gasteiger partial charge in [-0.15, -0.1) is 0 Å². The lowest BCUT2D eigenvalue weighted by atomic mass is 10.0. The number of hydrogen-bond acceptors (Lipinski definition) is 7. The summed E-state index contributed by atoms with van der Waals surface area (Å²) in [6.07, 6.45) is 0. The van der Waals surface area contributed by atoms with Crippen molar-refractivity contribution in [2.45, 2.75) is 20.3 Å². The molecule has 142 valence electrons. The van der Waals surface area contributed by atoms with Crippen LogP contribution in [0.1, 0.15) is 29.3 Å². The van der Waals surface area contributed by atoms with Gasteiger partial charge in [0, 0.05) is 33.9 Å². The second kappa shape index (κ2) is 7.57. The predicted molar refractivity (Wildman–Crippen MR) is 107 cm³/mol. The Balaban J connectivity index is 2.08. The number of fused-ring (bicyclic) bond motifs is 1. The van der Waals surface area contributed by atoms with Crippen LogP contribution in [0.4, 0.5) is 11.5 Å². The highest BCUT2D eigenvalue weighted by molar-refractivity contribution is 5.92. The van der Waals surface area contributed by atoms with Crippen LogP contribution in [0, 0.1) is 13.8 Å². The Kier molecular flexibility index (Phi) is 2.86. The number of methoxy groups -OCH3 is 3. The van der Waals surface area contributed by atoms with Crippen LogP contribution in [0.25, 0.3) is 10.9 Å². The molecule has 1 aromatic heterocycles. The van der Waals surface area contributed by atoms with Gasteiger partial charge in [0.2, 0.25) is 5.75 Å². The SMILES string of the molecule is [2H]C([2H])([2H])Oc1cc(NCc2ccc3nc(C)nc(N)c3c2C([2H])([2H])[2H])cc(OC([2H])([2H])[2H])c1OC. The molecular weight excluding hydrogens is 344 g/mol. The fourth-order valence-corrected chi connectivity index (χ4v) is 2.79. The number of nitrogens with one attached hydrogen (secondary N) is 1. The number of hydrogen-bond donors (Lipinski definition) is 2. The Labute approximate surface area is 171 Å². The van der Waals surface area contributed by atoms with Crippen molar-refractivity contribution in [1.29, 1.82) is 0 Å². The molecule has 7 nitrogen and oxygen atoms in total. The third-order valence-electron chi connectivity index (χ3n) is 4.02. The summed E-state index contributed by atoms with van der Waals surface area (Å²) >= 11 is 0. The van der Waals surface area contributed by atoms with E-state index >= 15 is 0 Å². The normalized spacial score (nSPS) is 17.0. The summed E-state index contributed by atoms with van der Waals surface area (Å²) < 4.78 is 83.7. The minimum Gasteiger partial charge on any atom is -0.493 e. The molecule has 1 heterocycles. The van der Waals surface area contributed by atoms with Gasteiger partial charge in [-0.1, -0.05) is 6.07 Å². The van der Waals surface area contributed by atoms with Gasteiger partial charge < -0.3 is 25.3 Å². The number of aryl methyl sites for hydroxylation is 2. The molecule has 2 aromatic carbocycles. The lowest BCUT2D eigenvalue weighted by molar-refractivity contribution is 0.324. The van der Waals surface area contributed by atoms with Crippen molar-refractivity contribution in [2.75, 3.05) is 32.2 Å². The van der Waals surface area contributed by atoms with Gasteiger partial charge in [0.25, 0.3) is 0 Å². The van der Waals surface area contributed by atoms with Gasteiger partial charge in [-0.25, -0.2) is 9.97 Å². The number of ether oxygens (including phenoxy) is 3. The fraction of sp³-hybridized carbons (Fsp3) is 0.300. The first kappa shape index (κ1) is 10.2. The van der Waals surface area contributed by atoms with Crippen molar-refractivity contribution >= 4 is 22.4 Å². The van der Waals surface area contributed by atoms with Crippen molar-refractivity contribution in [1.82, 2.24) is 9.97 Å². The highest BCUT2D eigenvalue weighted by Gasteiger charge is 2.14. The molecule has 0 unspecified atom stereocenters. The summed E-state index contributed by atoms with van der Waals surface area (Å²) in [5.41, 5.74) is 6.90. The average molecular weight is 377 g/mol. The molecule has 0 amide bonds. The standard InChI is InChI=1S/C20H24N4O3/c1-11-13(6-7-15-18(11)20(21)24-12(2)23-15)10-22-14-8-16(25-3)19(27-5)17(9-14)26-4/h6-9,22H,10H2,1-5H3,(H2,21,23,24)/i1D3,3D3,4D3. The van der Waals surface area contributed by atoms with Crippen molar-refractivity contribution in [3.05, 3.63) is 41.2 Å². The molecule has 0 fully saturated rings. The van der Waals surface area contributed by atoms with E-state index in [9.17, 15) is 0 Å². The number of rotatable bonds is 6. The Bertz CT molecular complexity index is 1240. The first-order valence-electron chi connectivity index (χ1n) is 12.4. The van der Waals surface area contributed by atoms with Gasteiger partial charge in [-0.05, 0) is 31.0 Å². The van der Waals surface area contributed by atoms with E-state index in [1.165, 1.54) is 19.2 Å². The number of benzene rings is 2. The van der Waals surface area contributed by atoms with Crippen molar-refractivity contribution in [3.63, 3.8) is 0 Å². The molecule has 3 aromatic rings. The second-order valence-electron chi connectivity index (χ2n) is 5.71. The molecule has 0 bridgehead atoms. The third kappa shape index (κ3) is 3.53. The number of anilines is 2. The zero-order valence-corrected chi connectivity index (χ0v) is 14.7. The molecule has 3 rings (SSSR count). The minimum absolute atomic E-state index is 0.0247. The Hall–Kier alpha value is -3.22. The molecule has 0 aliphatic heterocycles. The zero-order chi connectivity index (χ0) is 27.1. The van der Waals surface area contributed by atoms with Crippen LogP contribution < -0.4 is 25.3 Å². The van der Waals surface area contributed by atoms with E-state index in [1.807, 2.05) is 0 Å². The lowest BCUT2D eigenvalue weighted by Gasteiger charge is -2.16. The van der Waals surface area contributed by atoms with Crippen LogP contribution in [-0.2, 0) is 6.54 Å². The predicted octanol–water partition coefficient (Wildman–Crippen LogP) is 3.47. The molecule has 3 N–H and O–H groups in total. The first-order chi connectivity index (χ1) is 16.5. The summed E-state index contributed by atoms with van der Waals surface area (Å²) in [4.78, 5) is 8.35. The van der Waals surface area contributed by atoms with E-state index < -0.39 is 20.9 Å². The first-order valence-corrected chi connectivity index (χ1v) is 7.88. The van der Waals surface area contributed by atoms with E-state index in [-0.39, 0.29) is 46.2 Å². The smallest absolute Gasteiger partial charge is 0.203 e. The largest absolute Gasteiger partial charge is 0.493 e. The van der Waals surface area contributed by atoms with E-state index in [2.05, 4.69) is 15.3 Å². The highest BCUT2D eigenvalue weighted by Crippen LogP contribution is 2.40. The maximum Gasteiger partial charge on any atom is 0.203 e. The summed E-state index contributed by atoms with van der Waals surface area (Å²) in [5.74, 6) is -0.420. The van der Waals surface area contributed by atoms with E-state index in [1.54, 1.807) is 19.1 Å². The summed E-state index contributed by atoms with van der Waals surface area (Å²) in [5, 5.41) is 3.16. The number of nitrogens with two attached hydrogens (primary N) is 1. The van der Waals surface area contributed by atoms with Crippen LogP contribution in [-0.4, -0.2) is 31.2 Å². The maximum atomic E-state index is 8.06. The Morgan fingerprint density at radius 3 is 2.48 bits per heavy atom. The number of nitrogens with zero attached hydrogens (tertiary/aromatic N) is 2. The highest BCUT2D eigenvalue weighted by atomic mass is 16.5. The van der Waals surface area contributed by atoms with E-state index in [4.69, 9.17) is 32.3 Å². The molecule has 27 heavy (non-hydrogen) atoms. The molecule has 0 saturated heterocycles. The molecule has 0 radical (unpaired) electrons. The zero-order valence-electron chi connectivity index (χ0n) is 23.7. The van der Waals surface area contributed by atoms with Crippen LogP contribution in [0.15, 0.2) is 24.3 Å². The van der Waals surface area contributed by atoms with Gasteiger partial charge >= 0.3 is 0 Å². The Morgan fingerprint density at radius 2 is 1.85 bits per heavy atom. The van der Waals surface area contributed by atoms with Crippen LogP contribution >= 0.6 is 0 Å². The van der Waals surface area contributed by atoms with E-state index in [0.717, 1.165) is 0 Å². The third-order valence-corrected chi connectivity index (χ3v) is 4.02. The molecule has 7 heteroatoms. The summed E-state index contributed by atoms with van der Waals surface area (Å²) in [6, 6.07) is 5.74. The quantitative estimate of drug-likeness (QED) is 0.679. The average Bonchev–Trinajstić information content (AvgIpc) is 2.68. The lowest BCUT2D eigenvalue weighted by Crippen LogP contribution is -2.05. The van der Waals surface area contributed by atoms with Crippen molar-refractivity contribution < 1.29 is 26.5 Å². The summed E-state index contributed by atoms with van der Waals surface area (Å²) in [6.45, 7) is -0.986. The van der Waals surface area contributed by atoms with E-state index in [0.29, 0.717) is 16.9 Å². The van der Waals surface area contributed by atoms with Crippen LogP contribution in [0.5, 0.6) is 17.2 Å². The fourth-order valence-electron chi connectivity index (χ4n) is 2.79. The second-order valence-corrected chi connectivity index (χ2v) is 5.71. The van der Waals surface area contributed by atoms with Crippen molar-refractivity contribution in [2.24, 2.45) is 0 Å². The van der Waals surface area contributed by atoms with Gasteiger partial charge in [0.15, 0.2) is 11.5 Å². The van der Waals surface area contributed by atoms with Gasteiger partial charge in [0.05, 0.1) is 34.9 Å². The molecule has 0 aliphatic carbocycles. The van der Waals surface area contributed by atoms with Crippen LogP contribution in [0.3, 0.4) is 0 Å². The van der Waals surface area contributed by atoms with Gasteiger partial charge in [-0.3, -0.25) is 0 Å². The summed E-state index contributed by atoms with van der Waals surface area (Å²) in [7, 11) is -4.54. The van der Waals surface area contributed by atoms with Crippen molar-refractivity contribution in [3.8, 4) is 17.2 Å². The molecule has 0 spiro atoms. The molecule has 0 aliphatic rings.